The van der Waals surface area contributed by atoms with Crippen molar-refractivity contribution in [2.45, 2.75) is 38.0 Å². The number of aromatic amines is 1. The second kappa shape index (κ2) is 6.56. The predicted octanol–water partition coefficient (Wildman–Crippen LogP) is 0.272. The molecule has 1 aliphatic heterocycles. The molecular weight excluding hydrogens is 374 g/mol. The number of nitrogens with zero attached hydrogens (tertiary/aromatic N) is 2. The van der Waals surface area contributed by atoms with E-state index < -0.39 is 47.6 Å². The Bertz CT molecular complexity index is 1060. The van der Waals surface area contributed by atoms with Gasteiger partial charge in [0.1, 0.15) is 11.6 Å². The molecule has 0 bridgehead atoms. The van der Waals surface area contributed by atoms with Crippen LogP contribution in [0.1, 0.15) is 24.4 Å². The molecule has 3 unspecified atom stereocenters. The molecule has 0 radical (unpaired) electrons. The zero-order chi connectivity index (χ0) is 20.3. The fraction of sp³-hybridized carbons (Fsp3) is 0.556. The van der Waals surface area contributed by atoms with Crippen molar-refractivity contribution >= 4 is 16.6 Å². The van der Waals surface area contributed by atoms with Gasteiger partial charge < -0.3 is 20.8 Å². The average molecular weight is 396 g/mol. The Morgan fingerprint density at radius 2 is 2.00 bits per heavy atom. The molecule has 0 amide bonds. The van der Waals surface area contributed by atoms with E-state index in [1.165, 1.54) is 9.47 Å². The topological polar surface area (TPSA) is 125 Å². The Hall–Kier alpha value is -2.46. The first-order chi connectivity index (χ1) is 13.3. The number of alkyl halides is 1. The quantitative estimate of drug-likeness (QED) is 0.588. The Balaban J connectivity index is 1.95. The number of phenolic OH excluding ortho intramolecular Hbond substituents is 1. The molecule has 2 aromatic rings. The summed E-state index contributed by atoms with van der Waals surface area (Å²) in [6.07, 6.45) is 0.0820. The molecule has 2 aliphatic rings. The number of fused-ring (bicyclic) bond motifs is 1. The highest BCUT2D eigenvalue weighted by Crippen LogP contribution is 2.43. The van der Waals surface area contributed by atoms with Gasteiger partial charge in [-0.1, -0.05) is 0 Å². The maximum absolute atomic E-state index is 15.1. The molecule has 2 fully saturated rings. The molecule has 28 heavy (non-hydrogen) atoms. The highest BCUT2D eigenvalue weighted by molar-refractivity contribution is 5.92. The second-order valence-corrected chi connectivity index (χ2v) is 7.65. The van der Waals surface area contributed by atoms with Crippen LogP contribution in [0.5, 0.6) is 5.75 Å². The SMILES string of the molecule is Cc1c(N2CC(F)C(C(N)CO)C2)c(F)c(O)c2c(=O)[nH]c(=O)n(C3CC3)c12. The summed E-state index contributed by atoms with van der Waals surface area (Å²) < 4.78 is 30.9. The number of aliphatic hydroxyl groups is 1. The van der Waals surface area contributed by atoms with Crippen LogP contribution in [0.2, 0.25) is 0 Å². The molecule has 152 valence electrons. The summed E-state index contributed by atoms with van der Waals surface area (Å²) in [7, 11) is 0. The highest BCUT2D eigenvalue weighted by atomic mass is 19.1. The molecule has 1 saturated heterocycles. The lowest BCUT2D eigenvalue weighted by Gasteiger charge is -2.25. The maximum Gasteiger partial charge on any atom is 0.329 e. The predicted molar refractivity (Wildman–Crippen MR) is 99.1 cm³/mol. The zero-order valence-corrected chi connectivity index (χ0v) is 15.3. The van der Waals surface area contributed by atoms with Crippen molar-refractivity contribution in [1.82, 2.24) is 9.55 Å². The number of aryl methyl sites for hydroxylation is 1. The number of nitrogens with two attached hydrogens (primary N) is 1. The van der Waals surface area contributed by atoms with Crippen LogP contribution in [0.25, 0.3) is 10.9 Å². The monoisotopic (exact) mass is 396 g/mol. The van der Waals surface area contributed by atoms with E-state index in [9.17, 15) is 24.2 Å². The molecule has 5 N–H and O–H groups in total. The summed E-state index contributed by atoms with van der Waals surface area (Å²) in [6.45, 7) is 1.02. The molecule has 1 aliphatic carbocycles. The van der Waals surface area contributed by atoms with Crippen molar-refractivity contribution in [2.24, 2.45) is 11.7 Å². The Morgan fingerprint density at radius 3 is 2.61 bits per heavy atom. The van der Waals surface area contributed by atoms with Crippen LogP contribution >= 0.6 is 0 Å². The number of halogens is 2. The van der Waals surface area contributed by atoms with Gasteiger partial charge in [0, 0.05) is 36.7 Å². The number of aromatic hydroxyl groups is 1. The fourth-order valence-electron chi connectivity index (χ4n) is 4.20. The van der Waals surface area contributed by atoms with Crippen LogP contribution in [0.4, 0.5) is 14.5 Å². The lowest BCUT2D eigenvalue weighted by molar-refractivity contribution is 0.184. The first-order valence-electron chi connectivity index (χ1n) is 9.21. The third-order valence-electron chi connectivity index (χ3n) is 5.79. The maximum atomic E-state index is 15.1. The summed E-state index contributed by atoms with van der Waals surface area (Å²) in [5.74, 6) is -2.61. The van der Waals surface area contributed by atoms with Gasteiger partial charge in [0.2, 0.25) is 0 Å². The van der Waals surface area contributed by atoms with Gasteiger partial charge in [0.05, 0.1) is 17.8 Å². The van der Waals surface area contributed by atoms with Crippen LogP contribution in [-0.2, 0) is 0 Å². The van der Waals surface area contributed by atoms with Gasteiger partial charge in [-0.25, -0.2) is 13.6 Å². The molecule has 3 atom stereocenters. The van der Waals surface area contributed by atoms with Gasteiger partial charge in [-0.15, -0.1) is 0 Å². The molecule has 1 aromatic carbocycles. The van der Waals surface area contributed by atoms with E-state index in [2.05, 4.69) is 4.98 Å². The third-order valence-corrected chi connectivity index (χ3v) is 5.79. The van der Waals surface area contributed by atoms with Gasteiger partial charge in [0.25, 0.3) is 5.56 Å². The minimum atomic E-state index is -1.39. The summed E-state index contributed by atoms with van der Waals surface area (Å²) in [5, 5.41) is 19.4. The van der Waals surface area contributed by atoms with Crippen molar-refractivity contribution in [3.05, 3.63) is 32.2 Å². The minimum absolute atomic E-state index is 0.0441. The number of benzene rings is 1. The van der Waals surface area contributed by atoms with E-state index in [1.54, 1.807) is 6.92 Å². The van der Waals surface area contributed by atoms with Gasteiger partial charge >= 0.3 is 5.69 Å². The zero-order valence-electron chi connectivity index (χ0n) is 15.3. The van der Waals surface area contributed by atoms with Crippen LogP contribution in [0.15, 0.2) is 9.59 Å². The molecule has 1 aromatic heterocycles. The van der Waals surface area contributed by atoms with Crippen molar-refractivity contribution in [2.75, 3.05) is 24.6 Å². The summed E-state index contributed by atoms with van der Waals surface area (Å²) in [6, 6.07) is -0.934. The standard InChI is InChI=1S/C18H22F2N4O4/c1-7-14-12(17(27)22-18(28)24(14)8-2-3-8)16(26)13(20)15(7)23-4-9(10(19)5-23)11(21)6-25/h8-11,25-26H,2-6,21H2,1H3,(H,22,27,28). The number of nitrogens with one attached hydrogen (secondary N) is 1. The Kier molecular flexibility index (Phi) is 4.42. The van der Waals surface area contributed by atoms with E-state index in [0.717, 1.165) is 12.8 Å². The molecule has 10 heteroatoms. The van der Waals surface area contributed by atoms with Gasteiger partial charge in [-0.05, 0) is 19.8 Å². The van der Waals surface area contributed by atoms with E-state index in [1.807, 2.05) is 0 Å². The molecule has 1 saturated carbocycles. The summed E-state index contributed by atoms with van der Waals surface area (Å²) in [4.78, 5) is 28.2. The van der Waals surface area contributed by atoms with E-state index >= 15 is 4.39 Å². The first-order valence-corrected chi connectivity index (χ1v) is 9.21. The van der Waals surface area contributed by atoms with Crippen molar-refractivity contribution in [3.8, 4) is 5.75 Å². The van der Waals surface area contributed by atoms with Crippen LogP contribution in [-0.4, -0.2) is 51.7 Å². The number of aromatic nitrogens is 2. The van der Waals surface area contributed by atoms with Gasteiger partial charge in [-0.3, -0.25) is 14.3 Å². The lowest BCUT2D eigenvalue weighted by Crippen LogP contribution is -2.39. The second-order valence-electron chi connectivity index (χ2n) is 7.65. The number of hydrogen-bond donors (Lipinski definition) is 4. The number of H-pyrrole nitrogens is 1. The van der Waals surface area contributed by atoms with Crippen molar-refractivity contribution < 1.29 is 19.0 Å². The number of rotatable bonds is 4. The molecule has 0 spiro atoms. The summed E-state index contributed by atoms with van der Waals surface area (Å²) >= 11 is 0. The molecule has 8 nitrogen and oxygen atoms in total. The minimum Gasteiger partial charge on any atom is -0.504 e. The number of aliphatic hydroxyl groups excluding tert-OH is 1. The molecular formula is C18H22F2N4O4. The first kappa shape index (κ1) is 18.9. The smallest absolute Gasteiger partial charge is 0.329 e. The fourth-order valence-corrected chi connectivity index (χ4v) is 4.20. The van der Waals surface area contributed by atoms with Crippen LogP contribution in [0, 0.1) is 18.7 Å². The number of hydrogen-bond acceptors (Lipinski definition) is 6. The summed E-state index contributed by atoms with van der Waals surface area (Å²) in [5.41, 5.74) is 4.67. The van der Waals surface area contributed by atoms with E-state index in [-0.39, 0.29) is 41.3 Å². The van der Waals surface area contributed by atoms with E-state index in [4.69, 9.17) is 5.73 Å². The van der Waals surface area contributed by atoms with E-state index in [0.29, 0.717) is 0 Å². The molecule has 2 heterocycles. The van der Waals surface area contributed by atoms with Gasteiger partial charge in [-0.2, -0.15) is 0 Å². The highest BCUT2D eigenvalue weighted by Gasteiger charge is 2.39. The molecule has 4 rings (SSSR count). The number of anilines is 1. The largest absolute Gasteiger partial charge is 0.504 e. The normalized spacial score (nSPS) is 23.5. The van der Waals surface area contributed by atoms with Crippen molar-refractivity contribution in [3.63, 3.8) is 0 Å². The van der Waals surface area contributed by atoms with Gasteiger partial charge in [0.15, 0.2) is 11.6 Å². The Labute approximate surface area is 158 Å². The van der Waals surface area contributed by atoms with Crippen LogP contribution < -0.4 is 21.9 Å². The lowest BCUT2D eigenvalue weighted by atomic mass is 9.99. The Morgan fingerprint density at radius 1 is 1.32 bits per heavy atom. The van der Waals surface area contributed by atoms with Crippen LogP contribution in [0.3, 0.4) is 0 Å². The average Bonchev–Trinajstić information content (AvgIpc) is 3.40. The third kappa shape index (κ3) is 2.70. The van der Waals surface area contributed by atoms with Crippen molar-refractivity contribution in [1.29, 1.82) is 0 Å². The number of phenols is 1.